The van der Waals surface area contributed by atoms with Crippen molar-refractivity contribution in [2.24, 2.45) is 5.73 Å². The van der Waals surface area contributed by atoms with Gasteiger partial charge < -0.3 is 15.4 Å². The molecule has 0 aliphatic carbocycles. The number of carboxylic acid groups (broad SMARTS) is 1. The van der Waals surface area contributed by atoms with Crippen molar-refractivity contribution in [2.45, 2.75) is 19.0 Å². The van der Waals surface area contributed by atoms with Gasteiger partial charge in [-0.1, -0.05) is 54.6 Å². The lowest BCUT2D eigenvalue weighted by atomic mass is 10.1. The predicted molar refractivity (Wildman–Crippen MR) is 95.9 cm³/mol. The van der Waals surface area contributed by atoms with E-state index in [0.717, 1.165) is 29.1 Å². The standard InChI is InChI=1S/C20H20N2O2/c21-17(10-11-20(23)24)12-16-14-22(13-15-6-2-1-3-7-15)19-9-5-4-8-18(16)19/h1-11,14,17H,12-13,21H2,(H,23,24)/t17-/m0/s1. The maximum Gasteiger partial charge on any atom is 0.328 e. The topological polar surface area (TPSA) is 68.2 Å². The van der Waals surface area contributed by atoms with E-state index in [1.54, 1.807) is 0 Å². The number of nitrogens with zero attached hydrogens (tertiary/aromatic N) is 1. The summed E-state index contributed by atoms with van der Waals surface area (Å²) in [5.74, 6) is -0.975. The molecule has 0 spiro atoms. The minimum atomic E-state index is -0.975. The quantitative estimate of drug-likeness (QED) is 0.685. The van der Waals surface area contributed by atoms with Crippen molar-refractivity contribution in [1.29, 1.82) is 0 Å². The Hall–Kier alpha value is -2.85. The Morgan fingerprint density at radius 3 is 2.58 bits per heavy atom. The second-order valence-electron chi connectivity index (χ2n) is 5.85. The molecule has 3 N–H and O–H groups in total. The summed E-state index contributed by atoms with van der Waals surface area (Å²) in [7, 11) is 0. The summed E-state index contributed by atoms with van der Waals surface area (Å²) in [5.41, 5.74) is 9.57. The van der Waals surface area contributed by atoms with E-state index in [0.29, 0.717) is 6.42 Å². The first-order valence-electron chi connectivity index (χ1n) is 7.91. The average Bonchev–Trinajstić information content (AvgIpc) is 2.92. The maximum absolute atomic E-state index is 10.6. The summed E-state index contributed by atoms with van der Waals surface area (Å²) in [5, 5.41) is 9.88. The third-order valence-corrected chi connectivity index (χ3v) is 4.01. The normalized spacial score (nSPS) is 12.7. The van der Waals surface area contributed by atoms with E-state index in [1.807, 2.05) is 30.3 Å². The van der Waals surface area contributed by atoms with Crippen LogP contribution in [0.1, 0.15) is 11.1 Å². The molecule has 0 saturated heterocycles. The minimum absolute atomic E-state index is 0.322. The van der Waals surface area contributed by atoms with Crippen molar-refractivity contribution >= 4 is 16.9 Å². The van der Waals surface area contributed by atoms with Gasteiger partial charge in [-0.25, -0.2) is 4.79 Å². The van der Waals surface area contributed by atoms with Gasteiger partial charge in [0.15, 0.2) is 0 Å². The van der Waals surface area contributed by atoms with Crippen molar-refractivity contribution in [3.05, 3.63) is 84.1 Å². The number of rotatable bonds is 6. The molecule has 0 unspecified atom stereocenters. The van der Waals surface area contributed by atoms with Crippen LogP contribution in [0.25, 0.3) is 10.9 Å². The first-order valence-corrected chi connectivity index (χ1v) is 7.91. The monoisotopic (exact) mass is 320 g/mol. The second kappa shape index (κ2) is 7.15. The Kier molecular flexibility index (Phi) is 4.77. The molecule has 0 saturated carbocycles. The maximum atomic E-state index is 10.6. The van der Waals surface area contributed by atoms with Gasteiger partial charge in [-0.15, -0.1) is 0 Å². The molecule has 0 radical (unpaired) electrons. The van der Waals surface area contributed by atoms with Crippen molar-refractivity contribution in [3.8, 4) is 0 Å². The van der Waals surface area contributed by atoms with E-state index < -0.39 is 5.97 Å². The van der Waals surface area contributed by atoms with E-state index in [-0.39, 0.29) is 6.04 Å². The SMILES string of the molecule is N[C@@H](C=CC(=O)O)Cc1cn(Cc2ccccc2)c2ccccc12. The van der Waals surface area contributed by atoms with Gasteiger partial charge in [-0.3, -0.25) is 0 Å². The number of para-hydroxylation sites is 1. The number of carbonyl (C=O) groups is 1. The molecule has 3 aromatic rings. The van der Waals surface area contributed by atoms with Crippen LogP contribution in [0.2, 0.25) is 0 Å². The van der Waals surface area contributed by atoms with E-state index in [9.17, 15) is 4.79 Å². The van der Waals surface area contributed by atoms with Gasteiger partial charge in [0.1, 0.15) is 0 Å². The first-order chi connectivity index (χ1) is 11.6. The van der Waals surface area contributed by atoms with Crippen LogP contribution >= 0.6 is 0 Å². The fourth-order valence-corrected chi connectivity index (χ4v) is 2.92. The molecule has 2 aromatic carbocycles. The number of aliphatic carboxylic acids is 1. The third-order valence-electron chi connectivity index (χ3n) is 4.01. The lowest BCUT2D eigenvalue weighted by molar-refractivity contribution is -0.131. The van der Waals surface area contributed by atoms with Crippen LogP contribution in [-0.2, 0) is 17.8 Å². The highest BCUT2D eigenvalue weighted by Gasteiger charge is 2.11. The van der Waals surface area contributed by atoms with E-state index in [2.05, 4.69) is 35.0 Å². The molecular weight excluding hydrogens is 300 g/mol. The zero-order valence-corrected chi connectivity index (χ0v) is 13.3. The van der Waals surface area contributed by atoms with Crippen LogP contribution in [0.15, 0.2) is 72.9 Å². The summed E-state index contributed by atoms with van der Waals surface area (Å²) in [6.45, 7) is 0.793. The summed E-state index contributed by atoms with van der Waals surface area (Å²) in [4.78, 5) is 10.6. The number of hydrogen-bond acceptors (Lipinski definition) is 2. The smallest absolute Gasteiger partial charge is 0.328 e. The molecule has 0 bridgehead atoms. The van der Waals surface area contributed by atoms with Crippen LogP contribution in [0, 0.1) is 0 Å². The Morgan fingerprint density at radius 1 is 1.12 bits per heavy atom. The number of hydrogen-bond donors (Lipinski definition) is 2. The second-order valence-corrected chi connectivity index (χ2v) is 5.85. The van der Waals surface area contributed by atoms with E-state index in [1.165, 1.54) is 11.6 Å². The fourth-order valence-electron chi connectivity index (χ4n) is 2.92. The highest BCUT2D eigenvalue weighted by atomic mass is 16.4. The van der Waals surface area contributed by atoms with Crippen molar-refractivity contribution in [1.82, 2.24) is 4.57 Å². The minimum Gasteiger partial charge on any atom is -0.478 e. The molecule has 0 fully saturated rings. The van der Waals surface area contributed by atoms with E-state index >= 15 is 0 Å². The summed E-state index contributed by atoms with van der Waals surface area (Å²) in [6.07, 6.45) is 5.36. The molecule has 0 amide bonds. The highest BCUT2D eigenvalue weighted by Crippen LogP contribution is 2.23. The van der Waals surface area contributed by atoms with Crippen LogP contribution in [0.4, 0.5) is 0 Å². The molecule has 1 atom stereocenters. The number of benzene rings is 2. The van der Waals surface area contributed by atoms with Gasteiger partial charge in [-0.2, -0.15) is 0 Å². The molecule has 0 aliphatic heterocycles. The Bertz CT molecular complexity index is 866. The molecular formula is C20H20N2O2. The van der Waals surface area contributed by atoms with Gasteiger partial charge in [-0.05, 0) is 23.6 Å². The third kappa shape index (κ3) is 3.73. The van der Waals surface area contributed by atoms with Crippen LogP contribution in [-0.4, -0.2) is 21.7 Å². The van der Waals surface area contributed by atoms with Gasteiger partial charge in [0.05, 0.1) is 0 Å². The molecule has 122 valence electrons. The molecule has 0 aliphatic rings. The number of nitrogens with two attached hydrogens (primary N) is 1. The van der Waals surface area contributed by atoms with Crippen molar-refractivity contribution < 1.29 is 9.90 Å². The zero-order chi connectivity index (χ0) is 16.9. The van der Waals surface area contributed by atoms with Gasteiger partial charge in [0, 0.05) is 35.8 Å². The Balaban J connectivity index is 1.90. The first kappa shape index (κ1) is 16.0. The zero-order valence-electron chi connectivity index (χ0n) is 13.3. The average molecular weight is 320 g/mol. The van der Waals surface area contributed by atoms with Crippen molar-refractivity contribution in [2.75, 3.05) is 0 Å². The van der Waals surface area contributed by atoms with Gasteiger partial charge >= 0.3 is 5.97 Å². The largest absolute Gasteiger partial charge is 0.478 e. The van der Waals surface area contributed by atoms with Crippen LogP contribution in [0.5, 0.6) is 0 Å². The van der Waals surface area contributed by atoms with Crippen LogP contribution < -0.4 is 5.73 Å². The Labute approximate surface area is 140 Å². The fraction of sp³-hybridized carbons (Fsp3) is 0.150. The molecule has 24 heavy (non-hydrogen) atoms. The summed E-state index contributed by atoms with van der Waals surface area (Å²) in [6, 6.07) is 18.2. The molecule has 4 nitrogen and oxygen atoms in total. The number of carboxylic acids is 1. The lowest BCUT2D eigenvalue weighted by Gasteiger charge is -2.05. The molecule has 1 aromatic heterocycles. The summed E-state index contributed by atoms with van der Waals surface area (Å²) < 4.78 is 2.22. The molecule has 4 heteroatoms. The Morgan fingerprint density at radius 2 is 1.83 bits per heavy atom. The lowest BCUT2D eigenvalue weighted by Crippen LogP contribution is -2.20. The predicted octanol–water partition coefficient (Wildman–Crippen LogP) is 3.20. The van der Waals surface area contributed by atoms with Gasteiger partial charge in [0.2, 0.25) is 0 Å². The van der Waals surface area contributed by atoms with Gasteiger partial charge in [0.25, 0.3) is 0 Å². The molecule has 1 heterocycles. The van der Waals surface area contributed by atoms with Crippen LogP contribution in [0.3, 0.4) is 0 Å². The number of fused-ring (bicyclic) bond motifs is 1. The molecule has 3 rings (SSSR count). The number of aromatic nitrogens is 1. The van der Waals surface area contributed by atoms with E-state index in [4.69, 9.17) is 10.8 Å². The van der Waals surface area contributed by atoms with Crippen molar-refractivity contribution in [3.63, 3.8) is 0 Å². The summed E-state index contributed by atoms with van der Waals surface area (Å²) >= 11 is 0. The highest BCUT2D eigenvalue weighted by molar-refractivity contribution is 5.84.